The molecular weight excluding hydrogens is 352 g/mol. The summed E-state index contributed by atoms with van der Waals surface area (Å²) in [6.45, 7) is 0. The van der Waals surface area contributed by atoms with E-state index in [4.69, 9.17) is 5.73 Å². The van der Waals surface area contributed by atoms with Crippen molar-refractivity contribution in [3.63, 3.8) is 0 Å². The van der Waals surface area contributed by atoms with Crippen molar-refractivity contribution in [1.82, 2.24) is 0 Å². The Hall–Kier alpha value is -2.52. The summed E-state index contributed by atoms with van der Waals surface area (Å²) in [7, 11) is 0. The van der Waals surface area contributed by atoms with Gasteiger partial charge in [0, 0.05) is 18.0 Å². The van der Waals surface area contributed by atoms with Crippen LogP contribution in [0.1, 0.15) is 47.8 Å². The zero-order valence-electron chi connectivity index (χ0n) is 15.8. The van der Waals surface area contributed by atoms with Crippen LogP contribution in [-0.2, 0) is 0 Å². The second kappa shape index (κ2) is 8.24. The Morgan fingerprint density at radius 1 is 0.786 bits per heavy atom. The van der Waals surface area contributed by atoms with Crippen LogP contribution in [0.5, 0.6) is 0 Å². The van der Waals surface area contributed by atoms with Crippen LogP contribution in [0.3, 0.4) is 0 Å². The highest BCUT2D eigenvalue weighted by Gasteiger charge is 2.38. The highest BCUT2D eigenvalue weighted by atomic mass is 19.1. The molecule has 1 aliphatic rings. The highest BCUT2D eigenvalue weighted by molar-refractivity contribution is 5.36. The smallest absolute Gasteiger partial charge is 0.129 e. The molecule has 0 saturated heterocycles. The zero-order valence-corrected chi connectivity index (χ0v) is 15.8. The van der Waals surface area contributed by atoms with Gasteiger partial charge in [-0.1, -0.05) is 66.7 Å². The third-order valence-corrected chi connectivity index (χ3v) is 6.05. The Labute approximate surface area is 165 Å². The predicted molar refractivity (Wildman–Crippen MR) is 109 cm³/mol. The van der Waals surface area contributed by atoms with Gasteiger partial charge >= 0.3 is 0 Å². The van der Waals surface area contributed by atoms with Gasteiger partial charge in [-0.05, 0) is 53.9 Å². The summed E-state index contributed by atoms with van der Waals surface area (Å²) in [5.74, 6) is -0.721. The van der Waals surface area contributed by atoms with Gasteiger partial charge in [-0.15, -0.1) is 0 Å². The summed E-state index contributed by atoms with van der Waals surface area (Å²) < 4.78 is 28.2. The number of hydrogen-bond donors (Lipinski definition) is 1. The lowest BCUT2D eigenvalue weighted by Gasteiger charge is -2.40. The minimum atomic E-state index is -0.534. The molecule has 0 radical (unpaired) electrons. The molecule has 3 heteroatoms. The van der Waals surface area contributed by atoms with E-state index in [1.54, 1.807) is 6.07 Å². The molecule has 3 aromatic carbocycles. The maximum absolute atomic E-state index is 14.7. The first kappa shape index (κ1) is 18.8. The molecule has 0 aliphatic heterocycles. The molecule has 0 spiro atoms. The SMILES string of the molecule is NC1CCC(c2ccc(F)cc2F)C(C(c2ccccc2)c2ccccc2)C1. The molecule has 3 aromatic rings. The molecule has 4 rings (SSSR count). The number of hydrogen-bond acceptors (Lipinski definition) is 1. The van der Waals surface area contributed by atoms with Gasteiger partial charge in [0.25, 0.3) is 0 Å². The lowest BCUT2D eigenvalue weighted by molar-refractivity contribution is 0.250. The van der Waals surface area contributed by atoms with E-state index < -0.39 is 11.6 Å². The van der Waals surface area contributed by atoms with E-state index in [-0.39, 0.29) is 23.8 Å². The second-order valence-electron chi connectivity index (χ2n) is 7.81. The molecule has 0 aromatic heterocycles. The summed E-state index contributed by atoms with van der Waals surface area (Å²) in [6, 6.07) is 24.8. The van der Waals surface area contributed by atoms with Gasteiger partial charge in [-0.3, -0.25) is 0 Å². The van der Waals surface area contributed by atoms with Crippen LogP contribution in [0, 0.1) is 17.6 Å². The average molecular weight is 377 g/mol. The summed E-state index contributed by atoms with van der Waals surface area (Å²) in [5, 5.41) is 0. The van der Waals surface area contributed by atoms with Gasteiger partial charge < -0.3 is 5.73 Å². The fourth-order valence-corrected chi connectivity index (χ4v) is 4.80. The van der Waals surface area contributed by atoms with Crippen molar-refractivity contribution in [3.05, 3.63) is 107 Å². The van der Waals surface area contributed by atoms with Crippen molar-refractivity contribution < 1.29 is 8.78 Å². The molecule has 3 atom stereocenters. The van der Waals surface area contributed by atoms with Crippen LogP contribution >= 0.6 is 0 Å². The van der Waals surface area contributed by atoms with Crippen LogP contribution in [0.15, 0.2) is 78.9 Å². The maximum Gasteiger partial charge on any atom is 0.129 e. The Morgan fingerprint density at radius 3 is 1.96 bits per heavy atom. The molecular formula is C25H25F2N. The van der Waals surface area contributed by atoms with E-state index >= 15 is 0 Å². The lowest BCUT2D eigenvalue weighted by atomic mass is 9.65. The summed E-state index contributed by atoms with van der Waals surface area (Å²) in [5.41, 5.74) is 9.39. The van der Waals surface area contributed by atoms with Crippen LogP contribution < -0.4 is 5.73 Å². The fraction of sp³-hybridized carbons (Fsp3) is 0.280. The fourth-order valence-electron chi connectivity index (χ4n) is 4.80. The first-order valence-corrected chi connectivity index (χ1v) is 9.94. The first-order chi connectivity index (χ1) is 13.6. The number of nitrogens with two attached hydrogens (primary N) is 1. The third kappa shape index (κ3) is 3.85. The van der Waals surface area contributed by atoms with Gasteiger partial charge in [0.15, 0.2) is 0 Å². The highest BCUT2D eigenvalue weighted by Crippen LogP contribution is 2.48. The number of benzene rings is 3. The van der Waals surface area contributed by atoms with Gasteiger partial charge in [0.2, 0.25) is 0 Å². The van der Waals surface area contributed by atoms with Gasteiger partial charge in [0.05, 0.1) is 0 Å². The molecule has 28 heavy (non-hydrogen) atoms. The third-order valence-electron chi connectivity index (χ3n) is 6.05. The summed E-state index contributed by atoms with van der Waals surface area (Å²) in [4.78, 5) is 0. The van der Waals surface area contributed by atoms with E-state index in [1.807, 2.05) is 36.4 Å². The second-order valence-corrected chi connectivity index (χ2v) is 7.81. The number of rotatable bonds is 4. The summed E-state index contributed by atoms with van der Waals surface area (Å²) in [6.07, 6.45) is 2.48. The Kier molecular flexibility index (Phi) is 5.54. The van der Waals surface area contributed by atoms with Crippen molar-refractivity contribution in [1.29, 1.82) is 0 Å². The van der Waals surface area contributed by atoms with E-state index in [9.17, 15) is 8.78 Å². The van der Waals surface area contributed by atoms with E-state index in [1.165, 1.54) is 17.2 Å². The van der Waals surface area contributed by atoms with Crippen molar-refractivity contribution in [3.8, 4) is 0 Å². The molecule has 2 N–H and O–H groups in total. The van der Waals surface area contributed by atoms with Crippen LogP contribution in [-0.4, -0.2) is 6.04 Å². The first-order valence-electron chi connectivity index (χ1n) is 9.94. The van der Waals surface area contributed by atoms with Gasteiger partial charge in [0.1, 0.15) is 11.6 Å². The van der Waals surface area contributed by atoms with Crippen LogP contribution in [0.25, 0.3) is 0 Å². The van der Waals surface area contributed by atoms with Gasteiger partial charge in [-0.25, -0.2) is 8.78 Å². The van der Waals surface area contributed by atoms with Gasteiger partial charge in [-0.2, -0.15) is 0 Å². The molecule has 0 heterocycles. The van der Waals surface area contributed by atoms with E-state index in [2.05, 4.69) is 24.3 Å². The van der Waals surface area contributed by atoms with Crippen molar-refractivity contribution in [2.45, 2.75) is 37.1 Å². The van der Waals surface area contributed by atoms with Crippen molar-refractivity contribution >= 4 is 0 Å². The van der Waals surface area contributed by atoms with E-state index in [0.717, 1.165) is 25.3 Å². The normalized spacial score (nSPS) is 22.4. The Balaban J connectivity index is 1.81. The van der Waals surface area contributed by atoms with Crippen LogP contribution in [0.2, 0.25) is 0 Å². The zero-order chi connectivity index (χ0) is 19.5. The van der Waals surface area contributed by atoms with E-state index in [0.29, 0.717) is 5.56 Å². The average Bonchev–Trinajstić information content (AvgIpc) is 2.71. The molecule has 3 unspecified atom stereocenters. The quantitative estimate of drug-likeness (QED) is 0.592. The molecule has 0 bridgehead atoms. The molecule has 144 valence electrons. The minimum absolute atomic E-state index is 0.00538. The number of halogens is 2. The molecule has 1 saturated carbocycles. The van der Waals surface area contributed by atoms with Crippen molar-refractivity contribution in [2.24, 2.45) is 11.7 Å². The largest absolute Gasteiger partial charge is 0.328 e. The Bertz CT molecular complexity index is 871. The summed E-state index contributed by atoms with van der Waals surface area (Å²) >= 11 is 0. The standard InChI is InChI=1S/C25H25F2N/c26-19-11-13-22(24(27)15-19)21-14-12-20(28)16-23(21)25(17-7-3-1-4-8-17)18-9-5-2-6-10-18/h1-11,13,15,20-21,23,25H,12,14,16,28H2. The maximum atomic E-state index is 14.7. The molecule has 1 fully saturated rings. The lowest BCUT2D eigenvalue weighted by Crippen LogP contribution is -2.36. The monoisotopic (exact) mass is 377 g/mol. The Morgan fingerprint density at radius 2 is 1.39 bits per heavy atom. The molecule has 1 aliphatic carbocycles. The minimum Gasteiger partial charge on any atom is -0.328 e. The molecule has 1 nitrogen and oxygen atoms in total. The van der Waals surface area contributed by atoms with Crippen molar-refractivity contribution in [2.75, 3.05) is 0 Å². The predicted octanol–water partition coefficient (Wildman–Crippen LogP) is 6.01. The van der Waals surface area contributed by atoms with Crippen LogP contribution in [0.4, 0.5) is 8.78 Å². The topological polar surface area (TPSA) is 26.0 Å². The molecule has 0 amide bonds.